The van der Waals surface area contributed by atoms with Crippen molar-refractivity contribution in [1.82, 2.24) is 14.5 Å². The summed E-state index contributed by atoms with van der Waals surface area (Å²) in [5, 5.41) is 0.622. The fourth-order valence-electron chi connectivity index (χ4n) is 4.67. The first-order valence-electron chi connectivity index (χ1n) is 11.9. The number of fused-ring (bicyclic) bond motifs is 1. The first kappa shape index (κ1) is 22.5. The first-order chi connectivity index (χ1) is 15.3. The topological polar surface area (TPSA) is 47.4 Å². The number of aryl methyl sites for hydroxylation is 1. The predicted octanol–water partition coefficient (Wildman–Crippen LogP) is 5.74. The molecule has 0 N–H and O–H groups in total. The van der Waals surface area contributed by atoms with E-state index >= 15 is 0 Å². The van der Waals surface area contributed by atoms with Gasteiger partial charge in [-0.2, -0.15) is 0 Å². The highest BCUT2D eigenvalue weighted by Crippen LogP contribution is 2.28. The van der Waals surface area contributed by atoms with E-state index in [4.69, 9.17) is 9.72 Å². The van der Waals surface area contributed by atoms with Gasteiger partial charge in [-0.05, 0) is 75.9 Å². The molecule has 0 saturated carbocycles. The van der Waals surface area contributed by atoms with E-state index in [0.29, 0.717) is 23.1 Å². The summed E-state index contributed by atoms with van der Waals surface area (Å²) in [5.74, 6) is 2.98. The number of benzene rings is 2. The van der Waals surface area contributed by atoms with Crippen molar-refractivity contribution >= 4 is 10.9 Å². The van der Waals surface area contributed by atoms with Gasteiger partial charge in [-0.25, -0.2) is 4.98 Å². The van der Waals surface area contributed by atoms with Crippen molar-refractivity contribution in [2.45, 2.75) is 66.0 Å². The van der Waals surface area contributed by atoms with Crippen molar-refractivity contribution in [3.63, 3.8) is 0 Å². The highest BCUT2D eigenvalue weighted by atomic mass is 16.5. The molecule has 5 nitrogen and oxygen atoms in total. The van der Waals surface area contributed by atoms with E-state index in [-0.39, 0.29) is 11.5 Å². The Morgan fingerprint density at radius 3 is 2.62 bits per heavy atom. The maximum atomic E-state index is 13.7. The second-order valence-corrected chi connectivity index (χ2v) is 9.68. The predicted molar refractivity (Wildman–Crippen MR) is 131 cm³/mol. The van der Waals surface area contributed by atoms with Gasteiger partial charge in [0.1, 0.15) is 17.3 Å². The number of piperidine rings is 1. The van der Waals surface area contributed by atoms with Crippen molar-refractivity contribution < 1.29 is 4.74 Å². The van der Waals surface area contributed by atoms with E-state index in [9.17, 15) is 4.79 Å². The molecule has 2 heterocycles. The molecule has 2 aromatic carbocycles. The largest absolute Gasteiger partial charge is 0.457 e. The molecule has 0 aliphatic carbocycles. The molecule has 1 aliphatic rings. The molecule has 5 heteroatoms. The Morgan fingerprint density at radius 1 is 1.12 bits per heavy atom. The lowest BCUT2D eigenvalue weighted by Crippen LogP contribution is -2.42. The normalized spacial score (nSPS) is 17.4. The van der Waals surface area contributed by atoms with Crippen LogP contribution in [0.2, 0.25) is 0 Å². The van der Waals surface area contributed by atoms with Gasteiger partial charge in [0, 0.05) is 25.0 Å². The van der Waals surface area contributed by atoms with Crippen LogP contribution in [0.3, 0.4) is 0 Å². The Bertz CT molecular complexity index is 1150. The van der Waals surface area contributed by atoms with Gasteiger partial charge < -0.3 is 9.64 Å². The molecule has 0 bridgehead atoms. The number of aromatic nitrogens is 2. The smallest absolute Gasteiger partial charge is 0.261 e. The van der Waals surface area contributed by atoms with Crippen LogP contribution in [0.1, 0.15) is 57.8 Å². The third-order valence-corrected chi connectivity index (χ3v) is 6.51. The first-order valence-corrected chi connectivity index (χ1v) is 11.9. The molecule has 1 saturated heterocycles. The molecule has 0 amide bonds. The van der Waals surface area contributed by atoms with E-state index in [1.54, 1.807) is 0 Å². The van der Waals surface area contributed by atoms with Crippen LogP contribution in [0.4, 0.5) is 0 Å². The molecule has 170 valence electrons. The molecule has 1 aromatic heterocycles. The van der Waals surface area contributed by atoms with Crippen LogP contribution in [-0.4, -0.2) is 33.6 Å². The summed E-state index contributed by atoms with van der Waals surface area (Å²) in [5.41, 5.74) is 1.83. The summed E-state index contributed by atoms with van der Waals surface area (Å²) in [6, 6.07) is 14.1. The highest BCUT2D eigenvalue weighted by molar-refractivity contribution is 5.79. The molecule has 3 aromatic rings. The number of rotatable bonds is 6. The summed E-state index contributed by atoms with van der Waals surface area (Å²) in [6.45, 7) is 13.7. The van der Waals surface area contributed by atoms with Gasteiger partial charge in [-0.1, -0.05) is 32.0 Å². The molecule has 4 rings (SSSR count). The number of para-hydroxylation sites is 1. The Morgan fingerprint density at radius 2 is 1.91 bits per heavy atom. The zero-order valence-corrected chi connectivity index (χ0v) is 20.0. The lowest BCUT2D eigenvalue weighted by Gasteiger charge is -2.36. The summed E-state index contributed by atoms with van der Waals surface area (Å²) < 4.78 is 8.03. The van der Waals surface area contributed by atoms with Crippen LogP contribution in [0.25, 0.3) is 10.9 Å². The summed E-state index contributed by atoms with van der Waals surface area (Å²) in [6.07, 6.45) is 2.34. The second-order valence-electron chi connectivity index (χ2n) is 9.68. The summed E-state index contributed by atoms with van der Waals surface area (Å²) in [7, 11) is 0. The maximum absolute atomic E-state index is 13.7. The number of ether oxygens (including phenoxy) is 1. The number of hydrogen-bond donors (Lipinski definition) is 0. The van der Waals surface area contributed by atoms with Crippen molar-refractivity contribution in [2.24, 2.45) is 5.92 Å². The minimum Gasteiger partial charge on any atom is -0.457 e. The van der Waals surface area contributed by atoms with Crippen molar-refractivity contribution in [3.8, 4) is 11.5 Å². The van der Waals surface area contributed by atoms with Gasteiger partial charge in [-0.3, -0.25) is 9.36 Å². The van der Waals surface area contributed by atoms with E-state index in [1.807, 2.05) is 54.0 Å². The van der Waals surface area contributed by atoms with Crippen molar-refractivity contribution in [2.75, 3.05) is 13.1 Å². The number of hydrogen-bond acceptors (Lipinski definition) is 4. The van der Waals surface area contributed by atoms with Gasteiger partial charge in [0.05, 0.1) is 10.9 Å². The third-order valence-electron chi connectivity index (χ3n) is 6.51. The van der Waals surface area contributed by atoms with E-state index in [1.165, 1.54) is 6.42 Å². The molecular formula is C27H35N3O2. The molecule has 0 spiro atoms. The van der Waals surface area contributed by atoms with Crippen LogP contribution in [0, 0.1) is 12.8 Å². The molecule has 1 aliphatic heterocycles. The van der Waals surface area contributed by atoms with Crippen molar-refractivity contribution in [3.05, 3.63) is 64.2 Å². The third kappa shape index (κ3) is 4.73. The van der Waals surface area contributed by atoms with E-state index in [0.717, 1.165) is 48.7 Å². The number of likely N-dealkylation sites (tertiary alicyclic amines) is 1. The quantitative estimate of drug-likeness (QED) is 0.497. The van der Waals surface area contributed by atoms with Crippen molar-refractivity contribution in [1.29, 1.82) is 0 Å². The van der Waals surface area contributed by atoms with E-state index < -0.39 is 0 Å². The average molecular weight is 434 g/mol. The SMILES string of the molecule is Cc1ccccc1Oc1ccc2nc(C(C)C)n(CC3CCCN(C(C)C)C3)c(=O)c2c1. The highest BCUT2D eigenvalue weighted by Gasteiger charge is 2.24. The molecular weight excluding hydrogens is 398 g/mol. The Labute approximate surface area is 191 Å². The second kappa shape index (κ2) is 9.45. The van der Waals surface area contributed by atoms with Crippen LogP contribution in [0.15, 0.2) is 47.3 Å². The monoisotopic (exact) mass is 433 g/mol. The van der Waals surface area contributed by atoms with Crippen LogP contribution < -0.4 is 10.3 Å². The van der Waals surface area contributed by atoms with Crippen LogP contribution in [-0.2, 0) is 6.54 Å². The lowest BCUT2D eigenvalue weighted by molar-refractivity contribution is 0.129. The standard InChI is InChI=1S/C27H35N3O2/c1-18(2)26-28-24-13-12-22(32-25-11-7-6-9-20(25)5)15-23(24)27(31)30(26)17-21-10-8-14-29(16-21)19(3)4/h6-7,9,11-13,15,18-19,21H,8,10,14,16-17H2,1-5H3. The summed E-state index contributed by atoms with van der Waals surface area (Å²) >= 11 is 0. The Hall–Kier alpha value is -2.66. The van der Waals surface area contributed by atoms with E-state index in [2.05, 4.69) is 32.6 Å². The molecule has 1 atom stereocenters. The van der Waals surface area contributed by atoms with Crippen LogP contribution in [0.5, 0.6) is 11.5 Å². The average Bonchev–Trinajstić information content (AvgIpc) is 2.77. The molecule has 1 fully saturated rings. The molecule has 1 unspecified atom stereocenters. The van der Waals surface area contributed by atoms with Gasteiger partial charge in [0.2, 0.25) is 0 Å². The Kier molecular flexibility index (Phi) is 6.66. The minimum atomic E-state index is 0.0376. The van der Waals surface area contributed by atoms with Gasteiger partial charge >= 0.3 is 0 Å². The Balaban J connectivity index is 1.71. The van der Waals surface area contributed by atoms with Gasteiger partial charge in [-0.15, -0.1) is 0 Å². The molecule has 0 radical (unpaired) electrons. The maximum Gasteiger partial charge on any atom is 0.261 e. The van der Waals surface area contributed by atoms with Gasteiger partial charge in [0.15, 0.2) is 0 Å². The zero-order valence-electron chi connectivity index (χ0n) is 20.0. The summed E-state index contributed by atoms with van der Waals surface area (Å²) in [4.78, 5) is 21.1. The fourth-order valence-corrected chi connectivity index (χ4v) is 4.67. The molecule has 32 heavy (non-hydrogen) atoms. The minimum absolute atomic E-state index is 0.0376. The fraction of sp³-hybridized carbons (Fsp3) is 0.481. The van der Waals surface area contributed by atoms with Crippen LogP contribution >= 0.6 is 0 Å². The zero-order chi connectivity index (χ0) is 22.8. The lowest BCUT2D eigenvalue weighted by atomic mass is 9.96. The van der Waals surface area contributed by atoms with Gasteiger partial charge in [0.25, 0.3) is 5.56 Å². The number of nitrogens with zero attached hydrogens (tertiary/aromatic N) is 3.